The molecule has 21 rings (SSSR count). The Morgan fingerprint density at radius 3 is 1.24 bits per heavy atom. The molecular weight excluding hydrogens is 1410 g/mol. The van der Waals surface area contributed by atoms with Crippen molar-refractivity contribution in [2.24, 2.45) is 0 Å². The standard InChI is InChI=1S/C53H49N3O4.C48H41N3O3/c1-3-14-39(15-4-1)53(40-21-23-41(24-22-40)56-31-6-2-7-32-56)30-29-44-46(60-53)28-27-45-50(44)52(59-35-10-9-34-58-47-16-5-8-33-57-47)55-51(54-45)43-26-20-38-18-17-36-12-11-13-37-19-25-42(43)49(38)48(36)37;52-30-7-8-31-53-47-45-40-26-27-48(35-12-3-1-4-13-35,36-18-20-37(21-19-36)51-28-5-2-6-29-51)54-42(40)25-24-41(45)49-46(50-47)39-23-17-34-15-14-32-10-9-11-33-16-22-38(39)44(34)43(32)33/h1,3-4,11-15,17-30,47H,2,5-10,16,31-35H2;1,3-4,9-27,52H,2,5-8,28-31H2. The van der Waals surface area contributed by atoms with Gasteiger partial charge in [-0.15, -0.1) is 0 Å². The summed E-state index contributed by atoms with van der Waals surface area (Å²) in [6, 6.07) is 86.3. The number of rotatable bonds is 20. The zero-order chi connectivity index (χ0) is 75.9. The van der Waals surface area contributed by atoms with Crippen LogP contribution in [0.25, 0.3) is 121 Å². The summed E-state index contributed by atoms with van der Waals surface area (Å²) in [6.07, 6.45) is 22.5. The van der Waals surface area contributed by atoms with E-state index in [1.807, 2.05) is 18.2 Å². The normalized spacial score (nSPS) is 18.2. The van der Waals surface area contributed by atoms with Gasteiger partial charge in [0.15, 0.2) is 29.1 Å². The molecule has 3 unspecified atom stereocenters. The monoisotopic (exact) mass is 1500 g/mol. The van der Waals surface area contributed by atoms with Crippen LogP contribution in [-0.4, -0.2) is 90.5 Å². The van der Waals surface area contributed by atoms with Crippen molar-refractivity contribution in [3.63, 3.8) is 0 Å². The van der Waals surface area contributed by atoms with Crippen molar-refractivity contribution in [2.75, 3.05) is 69.0 Å². The Morgan fingerprint density at radius 2 is 0.789 bits per heavy atom. The molecule has 5 aliphatic rings. The van der Waals surface area contributed by atoms with Crippen LogP contribution in [0, 0.1) is 0 Å². The van der Waals surface area contributed by atoms with Gasteiger partial charge in [-0.3, -0.25) is 0 Å². The average Bonchev–Trinajstić information content (AvgIpc) is 0.736. The maximum absolute atomic E-state index is 9.51. The molecule has 13 nitrogen and oxygen atoms in total. The summed E-state index contributed by atoms with van der Waals surface area (Å²) in [5.74, 6) is 3.83. The maximum Gasteiger partial charge on any atom is 0.225 e. The molecular formula is C101H90N6O7. The van der Waals surface area contributed by atoms with E-state index in [9.17, 15) is 5.11 Å². The molecule has 3 saturated heterocycles. The molecule has 14 aromatic carbocycles. The Labute approximate surface area is 663 Å². The molecule has 1 N–H and O–H groups in total. The molecule has 0 bridgehead atoms. The number of benzene rings is 14. The van der Waals surface area contributed by atoms with E-state index in [0.29, 0.717) is 56.1 Å². The van der Waals surface area contributed by atoms with E-state index in [1.165, 1.54) is 104 Å². The highest BCUT2D eigenvalue weighted by molar-refractivity contribution is 6.26. The van der Waals surface area contributed by atoms with Crippen molar-refractivity contribution in [3.8, 4) is 46.0 Å². The summed E-state index contributed by atoms with van der Waals surface area (Å²) in [6.45, 7) is 6.87. The summed E-state index contributed by atoms with van der Waals surface area (Å²) in [5.41, 5.74) is 10.5. The van der Waals surface area contributed by atoms with Gasteiger partial charge >= 0.3 is 0 Å². The van der Waals surface area contributed by atoms with Crippen molar-refractivity contribution in [3.05, 3.63) is 288 Å². The predicted molar refractivity (Wildman–Crippen MR) is 462 cm³/mol. The number of piperidine rings is 2. The number of aliphatic hydroxyl groups excluding tert-OH is 1. The minimum absolute atomic E-state index is 0.0906. The van der Waals surface area contributed by atoms with Gasteiger partial charge in [-0.05, 0) is 233 Å². The lowest BCUT2D eigenvalue weighted by atomic mass is 9.83. The Bertz CT molecular complexity index is 6230. The van der Waals surface area contributed by atoms with E-state index in [-0.39, 0.29) is 12.9 Å². The fraction of sp³-hybridized carbons (Fsp3) is 0.248. The SMILES string of the molecule is C1=CC(c2ccccc2)(c2ccc(N3CCCCC3)cc2)Oc2ccc3nc(-c4ccc5ccc6cccc7ccc4c5c67)nc(OCCCCOC4CCCCO4)c3c21.OCCCCOc1nc(-c2ccc3ccc4cccc5ccc2c3c45)nc2ccc3c(c12)C=CC(c1ccccc1)(c1ccc(N2CCCCC2)cc1)O3. The first-order chi connectivity index (χ1) is 56.4. The number of unbranched alkanes of at least 4 members (excludes halogenated alkanes) is 2. The third-order valence-electron chi connectivity index (χ3n) is 24.2. The second kappa shape index (κ2) is 30.8. The van der Waals surface area contributed by atoms with Crippen LogP contribution in [0.3, 0.4) is 0 Å². The molecule has 0 aliphatic carbocycles. The van der Waals surface area contributed by atoms with E-state index in [0.717, 1.165) is 153 Å². The molecule has 0 radical (unpaired) electrons. The topological polar surface area (TPSA) is 134 Å². The molecule has 0 saturated carbocycles. The molecule has 13 heteroatoms. The van der Waals surface area contributed by atoms with Gasteiger partial charge in [-0.2, -0.15) is 9.97 Å². The zero-order valence-corrected chi connectivity index (χ0v) is 64.1. The number of aromatic nitrogens is 4. The lowest BCUT2D eigenvalue weighted by molar-refractivity contribution is -0.162. The van der Waals surface area contributed by atoms with Crippen molar-refractivity contribution >= 4 is 110 Å². The number of aliphatic hydroxyl groups is 1. The minimum atomic E-state index is -0.826. The van der Waals surface area contributed by atoms with Crippen LogP contribution in [0.5, 0.6) is 23.3 Å². The number of fused-ring (bicyclic) bond motifs is 6. The molecule has 114 heavy (non-hydrogen) atoms. The Kier molecular flexibility index (Phi) is 19.2. The molecule has 2 aromatic heterocycles. The first-order valence-corrected chi connectivity index (χ1v) is 41.1. The maximum atomic E-state index is 9.51. The van der Waals surface area contributed by atoms with Crippen LogP contribution >= 0.6 is 0 Å². The van der Waals surface area contributed by atoms with Gasteiger partial charge in [-0.25, -0.2) is 9.97 Å². The number of ether oxygens (including phenoxy) is 6. The first kappa shape index (κ1) is 71.1. The largest absolute Gasteiger partial charge is 0.477 e. The van der Waals surface area contributed by atoms with Gasteiger partial charge in [0.25, 0.3) is 0 Å². The fourth-order valence-corrected chi connectivity index (χ4v) is 18.3. The summed E-state index contributed by atoms with van der Waals surface area (Å²) in [4.78, 5) is 26.0. The molecule has 7 heterocycles. The summed E-state index contributed by atoms with van der Waals surface area (Å²) < 4.78 is 39.5. The number of anilines is 2. The molecule has 566 valence electrons. The van der Waals surface area contributed by atoms with Crippen molar-refractivity contribution in [1.29, 1.82) is 0 Å². The molecule has 5 aliphatic heterocycles. The van der Waals surface area contributed by atoms with Gasteiger partial charge < -0.3 is 43.3 Å². The third kappa shape index (κ3) is 13.2. The van der Waals surface area contributed by atoms with E-state index in [1.54, 1.807) is 0 Å². The Balaban J connectivity index is 0.000000149. The second-order valence-corrected chi connectivity index (χ2v) is 31.2. The highest BCUT2D eigenvalue weighted by Crippen LogP contribution is 2.50. The van der Waals surface area contributed by atoms with Crippen LogP contribution in [0.4, 0.5) is 11.4 Å². The van der Waals surface area contributed by atoms with Crippen LogP contribution < -0.4 is 28.7 Å². The quantitative estimate of drug-likeness (QED) is 0.0574. The zero-order valence-electron chi connectivity index (χ0n) is 64.1. The number of hydrogen-bond donors (Lipinski definition) is 1. The molecule has 0 amide bonds. The highest BCUT2D eigenvalue weighted by Gasteiger charge is 2.40. The van der Waals surface area contributed by atoms with Gasteiger partial charge in [0, 0.05) is 102 Å². The van der Waals surface area contributed by atoms with Crippen molar-refractivity contribution in [1.82, 2.24) is 19.9 Å². The molecule has 16 aromatic rings. The summed E-state index contributed by atoms with van der Waals surface area (Å²) >= 11 is 0. The lowest BCUT2D eigenvalue weighted by Crippen LogP contribution is -2.34. The number of hydrogen-bond acceptors (Lipinski definition) is 13. The second-order valence-electron chi connectivity index (χ2n) is 31.2. The predicted octanol–water partition coefficient (Wildman–Crippen LogP) is 22.9. The third-order valence-corrected chi connectivity index (χ3v) is 24.2. The van der Waals surface area contributed by atoms with Crippen LogP contribution in [0.1, 0.15) is 117 Å². The smallest absolute Gasteiger partial charge is 0.225 e. The van der Waals surface area contributed by atoms with Crippen LogP contribution in [0.15, 0.2) is 255 Å². The van der Waals surface area contributed by atoms with Crippen molar-refractivity contribution < 1.29 is 33.5 Å². The van der Waals surface area contributed by atoms with E-state index >= 15 is 0 Å². The van der Waals surface area contributed by atoms with Gasteiger partial charge in [0.1, 0.15) is 11.5 Å². The number of nitrogens with zero attached hydrogens (tertiary/aromatic N) is 6. The molecule has 3 atom stereocenters. The van der Waals surface area contributed by atoms with E-state index in [2.05, 4.69) is 259 Å². The first-order valence-electron chi connectivity index (χ1n) is 41.1. The Morgan fingerprint density at radius 1 is 0.368 bits per heavy atom. The van der Waals surface area contributed by atoms with E-state index < -0.39 is 11.2 Å². The minimum Gasteiger partial charge on any atom is -0.477 e. The Hall–Kier alpha value is -12.0. The molecule has 3 fully saturated rings. The summed E-state index contributed by atoms with van der Waals surface area (Å²) in [7, 11) is 0. The summed E-state index contributed by atoms with van der Waals surface area (Å²) in [5, 5.41) is 25.7. The molecule has 0 spiro atoms. The average molecular weight is 1500 g/mol. The van der Waals surface area contributed by atoms with Crippen molar-refractivity contribution in [2.45, 2.75) is 101 Å². The van der Waals surface area contributed by atoms with E-state index in [4.69, 9.17) is 48.4 Å². The lowest BCUT2D eigenvalue weighted by Gasteiger charge is -2.37. The highest BCUT2D eigenvalue weighted by atomic mass is 16.7. The van der Waals surface area contributed by atoms with Gasteiger partial charge in [-0.1, -0.05) is 182 Å². The van der Waals surface area contributed by atoms with Gasteiger partial charge in [0.05, 0.1) is 35.0 Å². The fourth-order valence-electron chi connectivity index (χ4n) is 18.3. The van der Waals surface area contributed by atoms with Gasteiger partial charge in [0.2, 0.25) is 11.8 Å². The van der Waals surface area contributed by atoms with Crippen LogP contribution in [0.2, 0.25) is 0 Å². The van der Waals surface area contributed by atoms with Crippen LogP contribution in [-0.2, 0) is 20.7 Å².